The second-order valence-electron chi connectivity index (χ2n) is 4.90. The van der Waals surface area contributed by atoms with Crippen molar-refractivity contribution >= 4 is 22.9 Å². The van der Waals surface area contributed by atoms with Crippen LogP contribution in [-0.2, 0) is 6.54 Å². The van der Waals surface area contributed by atoms with Crippen molar-refractivity contribution in [2.45, 2.75) is 19.5 Å². The van der Waals surface area contributed by atoms with Gasteiger partial charge in [0.15, 0.2) is 0 Å². The summed E-state index contributed by atoms with van der Waals surface area (Å²) in [5, 5.41) is 5.02. The number of rotatable bonds is 5. The van der Waals surface area contributed by atoms with Crippen LogP contribution >= 0.6 is 22.9 Å². The van der Waals surface area contributed by atoms with Crippen LogP contribution in [0.5, 0.6) is 0 Å². The van der Waals surface area contributed by atoms with E-state index in [0.717, 1.165) is 22.1 Å². The maximum Gasteiger partial charge on any atom is 0.236 e. The number of nitrogens with zero attached hydrogens (tertiary/aromatic N) is 1. The largest absolute Gasteiger partial charge is 0.443 e. The molecule has 2 heterocycles. The molecule has 0 bridgehead atoms. The molecule has 0 fully saturated rings. The van der Waals surface area contributed by atoms with E-state index in [2.05, 4.69) is 29.4 Å². The zero-order valence-corrected chi connectivity index (χ0v) is 13.2. The zero-order valence-electron chi connectivity index (χ0n) is 11.6. The molecule has 0 aliphatic heterocycles. The highest BCUT2D eigenvalue weighted by molar-refractivity contribution is 7.13. The van der Waals surface area contributed by atoms with E-state index in [-0.39, 0.29) is 0 Å². The fraction of sp³-hybridized carbons (Fsp3) is 0.188. The zero-order chi connectivity index (χ0) is 14.7. The Balaban J connectivity index is 1.61. The van der Waals surface area contributed by atoms with E-state index in [1.165, 1.54) is 5.56 Å². The Labute approximate surface area is 132 Å². The predicted molar refractivity (Wildman–Crippen MR) is 85.3 cm³/mol. The van der Waals surface area contributed by atoms with E-state index < -0.39 is 0 Å². The van der Waals surface area contributed by atoms with Crippen LogP contribution in [0.1, 0.15) is 24.2 Å². The molecule has 21 heavy (non-hydrogen) atoms. The normalized spacial score (nSPS) is 12.5. The van der Waals surface area contributed by atoms with Crippen LogP contribution in [0.2, 0.25) is 5.02 Å². The fourth-order valence-electron chi connectivity index (χ4n) is 2.11. The van der Waals surface area contributed by atoms with Gasteiger partial charge in [0.25, 0.3) is 0 Å². The number of halogens is 1. The molecule has 0 saturated heterocycles. The summed E-state index contributed by atoms with van der Waals surface area (Å²) in [6.45, 7) is 2.96. The number of thiophene rings is 1. The first kappa shape index (κ1) is 14.3. The fourth-order valence-corrected chi connectivity index (χ4v) is 2.90. The third-order valence-electron chi connectivity index (χ3n) is 3.36. The number of hydrogen-bond acceptors (Lipinski definition) is 3. The van der Waals surface area contributed by atoms with Crippen molar-refractivity contribution in [2.75, 3.05) is 0 Å². The first-order valence-corrected chi connectivity index (χ1v) is 8.05. The van der Waals surface area contributed by atoms with Crippen LogP contribution in [0.4, 0.5) is 0 Å². The third kappa shape index (κ3) is 3.53. The monoisotopic (exact) mass is 319 g/mol. The summed E-state index contributed by atoms with van der Waals surface area (Å²) in [5.41, 5.74) is 2.21. The maximum atomic E-state index is 5.91. The van der Waals surface area contributed by atoms with E-state index in [9.17, 15) is 0 Å². The molecular formula is C16H16ClN2OS+. The molecule has 0 unspecified atom stereocenters. The number of benzene rings is 1. The minimum atomic E-state index is 0.351. The summed E-state index contributed by atoms with van der Waals surface area (Å²) in [6, 6.07) is 12.3. The van der Waals surface area contributed by atoms with Crippen molar-refractivity contribution in [1.82, 2.24) is 4.98 Å². The summed E-state index contributed by atoms with van der Waals surface area (Å²) in [4.78, 5) is 5.59. The molecular weight excluding hydrogens is 304 g/mol. The van der Waals surface area contributed by atoms with Crippen LogP contribution in [0.25, 0.3) is 10.8 Å². The third-order valence-corrected chi connectivity index (χ3v) is 4.47. The lowest BCUT2D eigenvalue weighted by molar-refractivity contribution is -0.708. The highest BCUT2D eigenvalue weighted by Gasteiger charge is 2.12. The van der Waals surface area contributed by atoms with Crippen molar-refractivity contribution in [1.29, 1.82) is 0 Å². The Hall–Kier alpha value is -1.62. The molecule has 1 aromatic carbocycles. The molecule has 0 spiro atoms. The highest BCUT2D eigenvalue weighted by Crippen LogP contribution is 2.23. The number of nitrogens with two attached hydrogens (primary N) is 1. The van der Waals surface area contributed by atoms with Gasteiger partial charge < -0.3 is 9.73 Å². The standard InChI is InChI=1S/C16H15ClN2OS/c1-11(12-4-6-13(17)7-5-12)18-9-14-10-20-16(19-14)15-3-2-8-21-15/h2-8,10-11,18H,9H2,1H3/p+1/t11-/m0/s1. The smallest absolute Gasteiger partial charge is 0.236 e. The van der Waals surface area contributed by atoms with Crippen molar-refractivity contribution in [3.63, 3.8) is 0 Å². The number of hydrogen-bond donors (Lipinski definition) is 1. The van der Waals surface area contributed by atoms with Gasteiger partial charge in [-0.05, 0) is 30.5 Å². The van der Waals surface area contributed by atoms with Crippen molar-refractivity contribution in [3.8, 4) is 10.8 Å². The molecule has 3 nitrogen and oxygen atoms in total. The predicted octanol–water partition coefficient (Wildman–Crippen LogP) is 3.88. The summed E-state index contributed by atoms with van der Waals surface area (Å²) in [6.07, 6.45) is 1.74. The Morgan fingerprint density at radius 3 is 2.81 bits per heavy atom. The van der Waals surface area contributed by atoms with Crippen LogP contribution in [0.15, 0.2) is 52.5 Å². The quantitative estimate of drug-likeness (QED) is 0.775. The van der Waals surface area contributed by atoms with E-state index in [0.29, 0.717) is 11.9 Å². The van der Waals surface area contributed by atoms with Gasteiger partial charge in [0, 0.05) is 10.6 Å². The van der Waals surface area contributed by atoms with E-state index in [1.807, 2.05) is 29.6 Å². The molecule has 2 N–H and O–H groups in total. The van der Waals surface area contributed by atoms with Crippen LogP contribution in [0, 0.1) is 0 Å². The van der Waals surface area contributed by atoms with Crippen molar-refractivity contribution in [3.05, 3.63) is 64.3 Å². The van der Waals surface area contributed by atoms with E-state index in [4.69, 9.17) is 16.0 Å². The van der Waals surface area contributed by atoms with Gasteiger partial charge in [-0.25, -0.2) is 4.98 Å². The second-order valence-corrected chi connectivity index (χ2v) is 6.29. The van der Waals surface area contributed by atoms with Crippen molar-refractivity contribution < 1.29 is 9.73 Å². The van der Waals surface area contributed by atoms with Gasteiger partial charge >= 0.3 is 0 Å². The van der Waals surface area contributed by atoms with Gasteiger partial charge in [0.1, 0.15) is 24.5 Å². The number of quaternary nitrogens is 1. The Bertz CT molecular complexity index is 691. The molecule has 5 heteroatoms. The minimum absolute atomic E-state index is 0.351. The van der Waals surface area contributed by atoms with Gasteiger partial charge in [-0.3, -0.25) is 0 Å². The highest BCUT2D eigenvalue weighted by atomic mass is 35.5. The first-order valence-electron chi connectivity index (χ1n) is 6.79. The molecule has 0 radical (unpaired) electrons. The Kier molecular flexibility index (Phi) is 4.39. The minimum Gasteiger partial charge on any atom is -0.443 e. The summed E-state index contributed by atoms with van der Waals surface area (Å²) < 4.78 is 5.52. The van der Waals surface area contributed by atoms with Crippen LogP contribution in [0.3, 0.4) is 0 Å². The lowest BCUT2D eigenvalue weighted by Gasteiger charge is -2.09. The summed E-state index contributed by atoms with van der Waals surface area (Å²) in [7, 11) is 0. The first-order chi connectivity index (χ1) is 10.2. The molecule has 2 aromatic heterocycles. The average molecular weight is 320 g/mol. The SMILES string of the molecule is C[C@H]([NH2+]Cc1coc(-c2cccs2)n1)c1ccc(Cl)cc1. The molecule has 0 amide bonds. The van der Waals surface area contributed by atoms with Crippen LogP contribution < -0.4 is 5.32 Å². The van der Waals surface area contributed by atoms with Crippen LogP contribution in [-0.4, -0.2) is 4.98 Å². The summed E-state index contributed by atoms with van der Waals surface area (Å²) >= 11 is 7.54. The molecule has 3 rings (SSSR count). The van der Waals surface area contributed by atoms with Gasteiger partial charge in [-0.1, -0.05) is 29.8 Å². The number of oxazole rings is 1. The summed E-state index contributed by atoms with van der Waals surface area (Å²) in [5.74, 6) is 0.701. The van der Waals surface area contributed by atoms with E-state index in [1.54, 1.807) is 17.6 Å². The molecule has 3 aromatic rings. The van der Waals surface area contributed by atoms with Gasteiger partial charge in [0.2, 0.25) is 5.89 Å². The maximum absolute atomic E-state index is 5.91. The van der Waals surface area contributed by atoms with E-state index >= 15 is 0 Å². The van der Waals surface area contributed by atoms with Gasteiger partial charge in [0.05, 0.1) is 4.88 Å². The molecule has 0 aliphatic rings. The lowest BCUT2D eigenvalue weighted by Crippen LogP contribution is -2.83. The van der Waals surface area contributed by atoms with Gasteiger partial charge in [-0.2, -0.15) is 0 Å². The lowest BCUT2D eigenvalue weighted by atomic mass is 10.1. The van der Waals surface area contributed by atoms with Gasteiger partial charge in [-0.15, -0.1) is 11.3 Å². The Morgan fingerprint density at radius 2 is 2.10 bits per heavy atom. The molecule has 0 saturated carbocycles. The second kappa shape index (κ2) is 6.43. The number of aromatic nitrogens is 1. The molecule has 108 valence electrons. The van der Waals surface area contributed by atoms with Crippen molar-refractivity contribution in [2.24, 2.45) is 0 Å². The topological polar surface area (TPSA) is 42.6 Å². The molecule has 1 atom stereocenters. The average Bonchev–Trinajstić information content (AvgIpc) is 3.16. The molecule has 0 aliphatic carbocycles. The Morgan fingerprint density at radius 1 is 1.29 bits per heavy atom.